The summed E-state index contributed by atoms with van der Waals surface area (Å²) in [6.45, 7) is 3.82. The lowest BCUT2D eigenvalue weighted by molar-refractivity contribution is -0.0456. The average molecular weight is 466 g/mol. The summed E-state index contributed by atoms with van der Waals surface area (Å²) in [5.74, 6) is 0. The van der Waals surface area contributed by atoms with Crippen LogP contribution in [0.4, 0.5) is 0 Å². The van der Waals surface area contributed by atoms with Crippen LogP contribution in [0.15, 0.2) is 20.7 Å². The van der Waals surface area contributed by atoms with Gasteiger partial charge in [0.05, 0.1) is 12.2 Å². The Hall–Kier alpha value is -1.58. The molecule has 170 valence electrons. The highest BCUT2D eigenvalue weighted by molar-refractivity contribution is 7.89. The minimum atomic E-state index is -4.18. The van der Waals surface area contributed by atoms with Crippen LogP contribution in [-0.2, 0) is 39.1 Å². The zero-order valence-corrected chi connectivity index (χ0v) is 19.0. The molecule has 0 aliphatic carbocycles. The van der Waals surface area contributed by atoms with Gasteiger partial charge in [-0.1, -0.05) is 0 Å². The van der Waals surface area contributed by atoms with Gasteiger partial charge in [-0.25, -0.2) is 13.2 Å². The Kier molecular flexibility index (Phi) is 6.28. The van der Waals surface area contributed by atoms with Crippen molar-refractivity contribution >= 4 is 20.2 Å². The van der Waals surface area contributed by atoms with Crippen molar-refractivity contribution < 1.29 is 21.6 Å². The predicted molar refractivity (Wildman–Crippen MR) is 108 cm³/mol. The fourth-order valence-corrected chi connectivity index (χ4v) is 7.03. The smallest absolute Gasteiger partial charge is 0.330 e. The lowest BCUT2D eigenvalue weighted by Gasteiger charge is -2.39. The Morgan fingerprint density at radius 3 is 1.90 bits per heavy atom. The summed E-state index contributed by atoms with van der Waals surface area (Å²) >= 11 is 0. The molecular formula is C16H27N5O7S2. The van der Waals surface area contributed by atoms with E-state index in [1.165, 1.54) is 22.7 Å². The summed E-state index contributed by atoms with van der Waals surface area (Å²) in [6, 6.07) is 0. The van der Waals surface area contributed by atoms with Crippen molar-refractivity contribution in [2.75, 3.05) is 39.3 Å². The minimum Gasteiger partial charge on any atom is -0.373 e. The molecule has 2 unspecified atom stereocenters. The molecule has 0 saturated carbocycles. The molecule has 0 radical (unpaired) electrons. The predicted octanol–water partition coefficient (Wildman–Crippen LogP) is -2.26. The van der Waals surface area contributed by atoms with E-state index in [2.05, 4.69) is 0 Å². The number of morpholine rings is 1. The molecule has 2 aliphatic heterocycles. The first kappa shape index (κ1) is 23.1. The van der Waals surface area contributed by atoms with Crippen LogP contribution in [0, 0.1) is 0 Å². The number of piperazine rings is 1. The molecule has 2 saturated heterocycles. The van der Waals surface area contributed by atoms with Crippen molar-refractivity contribution in [3.8, 4) is 0 Å². The van der Waals surface area contributed by atoms with Crippen molar-refractivity contribution in [2.45, 2.75) is 31.0 Å². The maximum Gasteiger partial charge on any atom is 0.330 e. The van der Waals surface area contributed by atoms with Gasteiger partial charge >= 0.3 is 5.69 Å². The van der Waals surface area contributed by atoms with Crippen LogP contribution >= 0.6 is 0 Å². The van der Waals surface area contributed by atoms with Crippen molar-refractivity contribution in [1.82, 2.24) is 22.0 Å². The molecule has 14 heteroatoms. The van der Waals surface area contributed by atoms with E-state index >= 15 is 0 Å². The van der Waals surface area contributed by atoms with Crippen molar-refractivity contribution in [1.29, 1.82) is 0 Å². The van der Waals surface area contributed by atoms with E-state index in [4.69, 9.17) is 4.74 Å². The highest BCUT2D eigenvalue weighted by Crippen LogP contribution is 2.21. The number of ether oxygens (including phenoxy) is 1. The Morgan fingerprint density at radius 1 is 0.867 bits per heavy atom. The quantitative estimate of drug-likeness (QED) is 0.491. The largest absolute Gasteiger partial charge is 0.373 e. The molecular weight excluding hydrogens is 438 g/mol. The maximum atomic E-state index is 13.0. The third-order valence-corrected chi connectivity index (χ3v) is 9.12. The van der Waals surface area contributed by atoms with E-state index in [0.717, 1.165) is 19.6 Å². The summed E-state index contributed by atoms with van der Waals surface area (Å²) in [7, 11) is -5.37. The van der Waals surface area contributed by atoms with Gasteiger partial charge in [-0.2, -0.15) is 21.3 Å². The van der Waals surface area contributed by atoms with E-state index in [-0.39, 0.29) is 51.5 Å². The molecule has 0 bridgehead atoms. The van der Waals surface area contributed by atoms with Crippen molar-refractivity contribution in [2.24, 2.45) is 14.1 Å². The third kappa shape index (κ3) is 4.11. The van der Waals surface area contributed by atoms with E-state index < -0.39 is 36.4 Å². The van der Waals surface area contributed by atoms with Crippen LogP contribution in [0.2, 0.25) is 0 Å². The SMILES string of the molecule is CC1CN(S(=O)(=O)N2CCN(S(=O)(=O)c3cn(C)c(=O)n(C)c3=O)CC2)CC(C)O1. The fourth-order valence-electron chi connectivity index (χ4n) is 3.71. The zero-order chi connectivity index (χ0) is 22.4. The lowest BCUT2D eigenvalue weighted by Crippen LogP contribution is -2.58. The number of aromatic nitrogens is 2. The highest BCUT2D eigenvalue weighted by atomic mass is 32.2. The number of hydrogen-bond acceptors (Lipinski definition) is 7. The topological polar surface area (TPSA) is 131 Å². The van der Waals surface area contributed by atoms with Gasteiger partial charge in [0, 0.05) is 59.6 Å². The van der Waals surface area contributed by atoms with E-state index in [0.29, 0.717) is 0 Å². The molecule has 0 amide bonds. The molecule has 3 rings (SSSR count). The van der Waals surface area contributed by atoms with Gasteiger partial charge in [-0.3, -0.25) is 9.36 Å². The van der Waals surface area contributed by atoms with Crippen molar-refractivity contribution in [3.05, 3.63) is 27.0 Å². The number of aryl methyl sites for hydroxylation is 1. The monoisotopic (exact) mass is 465 g/mol. The van der Waals surface area contributed by atoms with E-state index in [1.54, 1.807) is 13.8 Å². The molecule has 3 heterocycles. The van der Waals surface area contributed by atoms with Crippen LogP contribution in [0.5, 0.6) is 0 Å². The minimum absolute atomic E-state index is 0.0340. The van der Waals surface area contributed by atoms with Gasteiger partial charge in [0.15, 0.2) is 4.90 Å². The van der Waals surface area contributed by atoms with Gasteiger partial charge in [0.25, 0.3) is 15.8 Å². The first-order valence-corrected chi connectivity index (χ1v) is 12.4. The van der Waals surface area contributed by atoms with E-state index in [1.807, 2.05) is 0 Å². The summed E-state index contributed by atoms with van der Waals surface area (Å²) in [6.07, 6.45) is 0.539. The summed E-state index contributed by atoms with van der Waals surface area (Å²) in [4.78, 5) is 23.7. The first-order valence-electron chi connectivity index (χ1n) is 9.53. The summed E-state index contributed by atoms with van der Waals surface area (Å²) in [5, 5.41) is 0. The molecule has 0 aromatic carbocycles. The third-order valence-electron chi connectivity index (χ3n) is 5.27. The molecule has 12 nitrogen and oxygen atoms in total. The van der Waals surface area contributed by atoms with Crippen LogP contribution < -0.4 is 11.2 Å². The second kappa shape index (κ2) is 8.16. The fraction of sp³-hybridized carbons (Fsp3) is 0.750. The highest BCUT2D eigenvalue weighted by Gasteiger charge is 2.39. The summed E-state index contributed by atoms with van der Waals surface area (Å²) in [5.41, 5.74) is -1.55. The Labute approximate surface area is 175 Å². The Morgan fingerprint density at radius 2 is 1.37 bits per heavy atom. The second-order valence-electron chi connectivity index (χ2n) is 7.64. The van der Waals surface area contributed by atoms with Gasteiger partial charge in [0.1, 0.15) is 0 Å². The van der Waals surface area contributed by atoms with Gasteiger partial charge in [-0.15, -0.1) is 0 Å². The van der Waals surface area contributed by atoms with Crippen LogP contribution in [0.25, 0.3) is 0 Å². The van der Waals surface area contributed by atoms with Crippen LogP contribution in [0.3, 0.4) is 0 Å². The summed E-state index contributed by atoms with van der Waals surface area (Å²) < 4.78 is 62.9. The maximum absolute atomic E-state index is 13.0. The first-order chi connectivity index (χ1) is 13.9. The van der Waals surface area contributed by atoms with E-state index in [9.17, 15) is 26.4 Å². The molecule has 2 fully saturated rings. The van der Waals surface area contributed by atoms with Crippen molar-refractivity contribution in [3.63, 3.8) is 0 Å². The lowest BCUT2D eigenvalue weighted by atomic mass is 10.3. The molecule has 1 aromatic heterocycles. The Bertz CT molecular complexity index is 1120. The van der Waals surface area contributed by atoms with Gasteiger partial charge < -0.3 is 9.30 Å². The standard InChI is InChI=1S/C16H27N5O7S2/c1-12-9-21(10-13(2)28-12)30(26,27)20-7-5-19(6-8-20)29(24,25)14-11-17(3)16(23)18(4)15(14)22/h11-13H,5-10H2,1-4H3. The van der Waals surface area contributed by atoms with Crippen LogP contribution in [0.1, 0.15) is 13.8 Å². The average Bonchev–Trinajstić information content (AvgIpc) is 2.68. The normalized spacial score (nSPS) is 25.5. The molecule has 0 N–H and O–H groups in total. The number of hydrogen-bond donors (Lipinski definition) is 0. The van der Waals surface area contributed by atoms with Crippen LogP contribution in [-0.4, -0.2) is 90.4 Å². The van der Waals surface area contributed by atoms with Gasteiger partial charge in [0.2, 0.25) is 10.0 Å². The molecule has 2 aliphatic rings. The zero-order valence-electron chi connectivity index (χ0n) is 17.4. The number of nitrogens with zero attached hydrogens (tertiary/aromatic N) is 5. The number of rotatable bonds is 4. The van der Waals surface area contributed by atoms with Gasteiger partial charge in [-0.05, 0) is 13.8 Å². The number of sulfonamides is 1. The molecule has 0 spiro atoms. The molecule has 30 heavy (non-hydrogen) atoms. The second-order valence-corrected chi connectivity index (χ2v) is 11.5. The Balaban J connectivity index is 1.78. The molecule has 1 aromatic rings. The molecule has 2 atom stereocenters.